The van der Waals surface area contributed by atoms with E-state index in [1.54, 1.807) is 0 Å². The van der Waals surface area contributed by atoms with E-state index >= 15 is 0 Å². The fourth-order valence-corrected chi connectivity index (χ4v) is 0.961. The predicted molar refractivity (Wildman–Crippen MR) is 40.1 cm³/mol. The van der Waals surface area contributed by atoms with Gasteiger partial charge < -0.3 is 4.74 Å². The van der Waals surface area contributed by atoms with E-state index in [0.29, 0.717) is 0 Å². The zero-order valence-corrected chi connectivity index (χ0v) is 6.26. The van der Waals surface area contributed by atoms with Crippen LogP contribution in [0.4, 0.5) is 0 Å². The van der Waals surface area contributed by atoms with Crippen LogP contribution in [-0.2, 0) is 4.74 Å². The van der Waals surface area contributed by atoms with Crippen molar-refractivity contribution in [3.8, 4) is 0 Å². The fraction of sp³-hybridized carbons (Fsp3) is 0.714. The molecule has 0 aliphatic carbocycles. The van der Waals surface area contributed by atoms with Gasteiger partial charge in [-0.2, -0.15) is 0 Å². The molecule has 10 heavy (non-hydrogen) atoms. The van der Waals surface area contributed by atoms with Gasteiger partial charge in [-0.25, -0.2) is 0 Å². The molecule has 1 unspecified atom stereocenters. The minimum Gasteiger partial charge on any atom is -0.497 e. The van der Waals surface area contributed by atoms with Crippen LogP contribution >= 0.6 is 0 Å². The summed E-state index contributed by atoms with van der Waals surface area (Å²) in [6.45, 7) is 2.81. The van der Waals surface area contributed by atoms with Crippen LogP contribution in [-0.4, -0.2) is 12.6 Å². The van der Waals surface area contributed by atoms with Crippen LogP contribution in [0.5, 0.6) is 0 Å². The van der Waals surface area contributed by atoms with E-state index in [1.807, 2.05) is 6.92 Å². The molecule has 0 aromatic carbocycles. The monoisotopic (exact) mass is 142 g/mol. The first-order chi connectivity index (χ1) is 4.84. The topological polar surface area (TPSA) is 47.3 Å². The van der Waals surface area contributed by atoms with Crippen LogP contribution in [0.15, 0.2) is 11.8 Å². The SMILES string of the molecule is CC(NN)C1=CCCCO1. The summed E-state index contributed by atoms with van der Waals surface area (Å²) in [5, 5.41) is 0. The van der Waals surface area contributed by atoms with Gasteiger partial charge in [0.25, 0.3) is 0 Å². The number of nitrogens with one attached hydrogen (secondary N) is 1. The van der Waals surface area contributed by atoms with E-state index in [4.69, 9.17) is 10.6 Å². The molecule has 1 aliphatic heterocycles. The standard InChI is InChI=1S/C7H14N2O/c1-6(9-8)7-4-2-3-5-10-7/h4,6,9H,2-3,5,8H2,1H3. The average Bonchev–Trinajstić information content (AvgIpc) is 2.05. The van der Waals surface area contributed by atoms with Gasteiger partial charge in [0.15, 0.2) is 0 Å². The van der Waals surface area contributed by atoms with Crippen molar-refractivity contribution in [3.63, 3.8) is 0 Å². The van der Waals surface area contributed by atoms with Crippen molar-refractivity contribution in [2.75, 3.05) is 6.61 Å². The first-order valence-corrected chi connectivity index (χ1v) is 3.63. The van der Waals surface area contributed by atoms with Gasteiger partial charge in [0.05, 0.1) is 12.6 Å². The van der Waals surface area contributed by atoms with Gasteiger partial charge >= 0.3 is 0 Å². The van der Waals surface area contributed by atoms with Gasteiger partial charge in [-0.1, -0.05) is 0 Å². The van der Waals surface area contributed by atoms with Gasteiger partial charge in [0, 0.05) is 0 Å². The van der Waals surface area contributed by atoms with Crippen molar-refractivity contribution < 1.29 is 4.74 Å². The first kappa shape index (κ1) is 7.57. The summed E-state index contributed by atoms with van der Waals surface area (Å²) in [5.41, 5.74) is 2.64. The molecule has 1 atom stereocenters. The minimum absolute atomic E-state index is 0.153. The lowest BCUT2D eigenvalue weighted by Crippen LogP contribution is -2.35. The highest BCUT2D eigenvalue weighted by atomic mass is 16.5. The molecule has 0 radical (unpaired) electrons. The Morgan fingerprint density at radius 3 is 3.10 bits per heavy atom. The lowest BCUT2D eigenvalue weighted by Gasteiger charge is -2.19. The molecule has 1 rings (SSSR count). The number of ether oxygens (including phenoxy) is 1. The molecule has 0 aromatic heterocycles. The average molecular weight is 142 g/mol. The van der Waals surface area contributed by atoms with Crippen LogP contribution in [0.2, 0.25) is 0 Å². The molecule has 0 amide bonds. The largest absolute Gasteiger partial charge is 0.497 e. The normalized spacial score (nSPS) is 21.2. The smallest absolute Gasteiger partial charge is 0.110 e. The molecule has 0 aromatic rings. The third kappa shape index (κ3) is 1.72. The maximum atomic E-state index is 5.35. The van der Waals surface area contributed by atoms with E-state index in [9.17, 15) is 0 Å². The molecule has 3 heteroatoms. The maximum absolute atomic E-state index is 5.35. The Hall–Kier alpha value is -0.540. The summed E-state index contributed by atoms with van der Waals surface area (Å²) in [4.78, 5) is 0. The molecular weight excluding hydrogens is 128 g/mol. The van der Waals surface area contributed by atoms with E-state index < -0.39 is 0 Å². The maximum Gasteiger partial charge on any atom is 0.110 e. The highest BCUT2D eigenvalue weighted by Gasteiger charge is 2.09. The Labute approximate surface area is 61.2 Å². The second kappa shape index (κ2) is 3.58. The fourth-order valence-electron chi connectivity index (χ4n) is 0.961. The van der Waals surface area contributed by atoms with Gasteiger partial charge in [-0.05, 0) is 25.8 Å². The number of hydrogen-bond donors (Lipinski definition) is 2. The number of allylic oxidation sites excluding steroid dienone is 1. The molecule has 1 heterocycles. The van der Waals surface area contributed by atoms with Crippen LogP contribution in [0.25, 0.3) is 0 Å². The van der Waals surface area contributed by atoms with Crippen molar-refractivity contribution >= 4 is 0 Å². The van der Waals surface area contributed by atoms with E-state index in [0.717, 1.165) is 25.2 Å². The first-order valence-electron chi connectivity index (χ1n) is 3.63. The molecule has 0 fully saturated rings. The van der Waals surface area contributed by atoms with Crippen LogP contribution in [0, 0.1) is 0 Å². The summed E-state index contributed by atoms with van der Waals surface area (Å²) in [6, 6.07) is 0.153. The quantitative estimate of drug-likeness (QED) is 0.437. The Balaban J connectivity index is 2.44. The Bertz CT molecular complexity index is 134. The van der Waals surface area contributed by atoms with Crippen molar-refractivity contribution in [1.29, 1.82) is 0 Å². The Morgan fingerprint density at radius 1 is 1.80 bits per heavy atom. The second-order valence-electron chi connectivity index (χ2n) is 2.49. The van der Waals surface area contributed by atoms with Crippen LogP contribution in [0.3, 0.4) is 0 Å². The number of rotatable bonds is 2. The molecule has 3 N–H and O–H groups in total. The molecule has 58 valence electrons. The van der Waals surface area contributed by atoms with Crippen LogP contribution < -0.4 is 11.3 Å². The molecule has 1 aliphatic rings. The van der Waals surface area contributed by atoms with Gasteiger partial charge in [0.1, 0.15) is 5.76 Å². The lowest BCUT2D eigenvalue weighted by atomic mass is 10.2. The van der Waals surface area contributed by atoms with Gasteiger partial charge in [-0.3, -0.25) is 11.3 Å². The minimum atomic E-state index is 0.153. The van der Waals surface area contributed by atoms with E-state index in [2.05, 4.69) is 11.5 Å². The summed E-state index contributed by atoms with van der Waals surface area (Å²) in [7, 11) is 0. The Kier molecular flexibility index (Phi) is 2.71. The third-order valence-corrected chi connectivity index (χ3v) is 1.64. The molecule has 0 bridgehead atoms. The molecular formula is C7H14N2O. The van der Waals surface area contributed by atoms with Crippen LogP contribution in [0.1, 0.15) is 19.8 Å². The number of hydrazine groups is 1. The van der Waals surface area contributed by atoms with Crippen molar-refractivity contribution in [2.45, 2.75) is 25.8 Å². The Morgan fingerprint density at radius 2 is 2.60 bits per heavy atom. The van der Waals surface area contributed by atoms with E-state index in [-0.39, 0.29) is 6.04 Å². The van der Waals surface area contributed by atoms with Crippen molar-refractivity contribution in [1.82, 2.24) is 5.43 Å². The predicted octanol–water partition coefficient (Wildman–Crippen LogP) is 0.532. The molecule has 0 spiro atoms. The summed E-state index contributed by atoms with van der Waals surface area (Å²) in [5.74, 6) is 6.21. The van der Waals surface area contributed by atoms with Crippen molar-refractivity contribution in [2.24, 2.45) is 5.84 Å². The molecule has 3 nitrogen and oxygen atoms in total. The highest BCUT2D eigenvalue weighted by Crippen LogP contribution is 2.12. The molecule has 0 saturated carbocycles. The summed E-state index contributed by atoms with van der Waals surface area (Å²) >= 11 is 0. The zero-order valence-electron chi connectivity index (χ0n) is 6.26. The van der Waals surface area contributed by atoms with Gasteiger partial charge in [-0.15, -0.1) is 0 Å². The summed E-state index contributed by atoms with van der Waals surface area (Å²) in [6.07, 6.45) is 4.33. The molecule has 0 saturated heterocycles. The van der Waals surface area contributed by atoms with Gasteiger partial charge in [0.2, 0.25) is 0 Å². The zero-order chi connectivity index (χ0) is 7.40. The van der Waals surface area contributed by atoms with E-state index in [1.165, 1.54) is 0 Å². The highest BCUT2D eigenvalue weighted by molar-refractivity contribution is 5.02. The van der Waals surface area contributed by atoms with Crippen molar-refractivity contribution in [3.05, 3.63) is 11.8 Å². The summed E-state index contributed by atoms with van der Waals surface area (Å²) < 4.78 is 5.35. The number of hydrogen-bond acceptors (Lipinski definition) is 3. The number of nitrogens with two attached hydrogens (primary N) is 1. The second-order valence-corrected chi connectivity index (χ2v) is 2.49. The lowest BCUT2D eigenvalue weighted by molar-refractivity contribution is 0.171. The third-order valence-electron chi connectivity index (χ3n) is 1.64.